The van der Waals surface area contributed by atoms with Gasteiger partial charge in [-0.1, -0.05) is 13.0 Å². The second kappa shape index (κ2) is 4.87. The molecule has 2 unspecified atom stereocenters. The van der Waals surface area contributed by atoms with Crippen LogP contribution in [0, 0.1) is 17.7 Å². The quantitative estimate of drug-likeness (QED) is 0.847. The number of phenolic OH excluding ortho intramolecular Hbond substituents is 1. The molecule has 1 aliphatic rings. The number of hydrogen-bond acceptors (Lipinski definition) is 3. The van der Waals surface area contributed by atoms with Gasteiger partial charge in [0.15, 0.2) is 0 Å². The van der Waals surface area contributed by atoms with E-state index in [4.69, 9.17) is 5.11 Å². The van der Waals surface area contributed by atoms with Crippen molar-refractivity contribution in [3.05, 3.63) is 29.6 Å². The monoisotopic (exact) mass is 267 g/mol. The topological polar surface area (TPSA) is 77.8 Å². The molecule has 5 nitrogen and oxygen atoms in total. The fraction of sp³-hybridized carbons (Fsp3) is 0.385. The molecule has 0 bridgehead atoms. The number of rotatable bonds is 2. The highest BCUT2D eigenvalue weighted by Gasteiger charge is 2.38. The number of benzene rings is 1. The van der Waals surface area contributed by atoms with E-state index in [9.17, 15) is 19.1 Å². The summed E-state index contributed by atoms with van der Waals surface area (Å²) < 4.78 is 13.6. The summed E-state index contributed by atoms with van der Waals surface area (Å²) in [5, 5.41) is 18.6. The number of carbonyl (C=O) groups is 2. The molecule has 2 N–H and O–H groups in total. The van der Waals surface area contributed by atoms with Crippen LogP contribution in [0.3, 0.4) is 0 Å². The Morgan fingerprint density at radius 3 is 2.58 bits per heavy atom. The average molecular weight is 267 g/mol. The van der Waals surface area contributed by atoms with Crippen molar-refractivity contribution in [1.29, 1.82) is 0 Å². The lowest BCUT2D eigenvalue weighted by Gasteiger charge is -2.17. The molecule has 6 heteroatoms. The fourth-order valence-corrected chi connectivity index (χ4v) is 2.34. The molecule has 1 heterocycles. The molecule has 1 aromatic rings. The van der Waals surface area contributed by atoms with E-state index >= 15 is 0 Å². The third kappa shape index (κ3) is 2.38. The summed E-state index contributed by atoms with van der Waals surface area (Å²) in [4.78, 5) is 24.4. The van der Waals surface area contributed by atoms with Crippen LogP contribution >= 0.6 is 0 Å². The second-order valence-electron chi connectivity index (χ2n) is 4.77. The lowest BCUT2D eigenvalue weighted by atomic mass is 9.99. The van der Waals surface area contributed by atoms with E-state index in [1.807, 2.05) is 0 Å². The number of carboxylic acid groups (broad SMARTS) is 1. The van der Waals surface area contributed by atoms with E-state index < -0.39 is 34.9 Å². The second-order valence-corrected chi connectivity index (χ2v) is 4.77. The van der Waals surface area contributed by atoms with E-state index in [2.05, 4.69) is 0 Å². The van der Waals surface area contributed by atoms with Gasteiger partial charge in [0.25, 0.3) is 5.91 Å². The lowest BCUT2D eigenvalue weighted by Crippen LogP contribution is -2.30. The van der Waals surface area contributed by atoms with Gasteiger partial charge in [-0.3, -0.25) is 9.59 Å². The van der Waals surface area contributed by atoms with Gasteiger partial charge >= 0.3 is 5.97 Å². The van der Waals surface area contributed by atoms with Crippen LogP contribution in [-0.2, 0) is 4.79 Å². The van der Waals surface area contributed by atoms with Gasteiger partial charge in [-0.05, 0) is 18.1 Å². The Bertz CT molecular complexity index is 511. The van der Waals surface area contributed by atoms with Crippen LogP contribution in [0.5, 0.6) is 5.75 Å². The van der Waals surface area contributed by atoms with Gasteiger partial charge in [0.2, 0.25) is 0 Å². The molecular weight excluding hydrogens is 253 g/mol. The number of likely N-dealkylation sites (tertiary alicyclic amines) is 1. The van der Waals surface area contributed by atoms with Gasteiger partial charge in [0.1, 0.15) is 17.1 Å². The van der Waals surface area contributed by atoms with Gasteiger partial charge in [0, 0.05) is 13.1 Å². The molecule has 1 amide bonds. The molecule has 0 radical (unpaired) electrons. The standard InChI is InChI=1S/C13H14FNO4/c1-7-5-15(6-8(7)13(18)19)12(17)11-9(14)3-2-4-10(11)16/h2-4,7-8,16H,5-6H2,1H3,(H,18,19). The Balaban J connectivity index is 2.25. The van der Waals surface area contributed by atoms with Crippen molar-refractivity contribution >= 4 is 11.9 Å². The van der Waals surface area contributed by atoms with E-state index in [1.165, 1.54) is 17.0 Å². The Labute approximate surface area is 109 Å². The summed E-state index contributed by atoms with van der Waals surface area (Å²) in [7, 11) is 0. The van der Waals surface area contributed by atoms with E-state index in [0.717, 1.165) is 6.07 Å². The first-order valence-electron chi connectivity index (χ1n) is 5.91. The Kier molecular flexibility index (Phi) is 3.42. The highest BCUT2D eigenvalue weighted by Crippen LogP contribution is 2.28. The molecule has 19 heavy (non-hydrogen) atoms. The number of aromatic hydroxyl groups is 1. The third-order valence-corrected chi connectivity index (χ3v) is 3.42. The third-order valence-electron chi connectivity index (χ3n) is 3.42. The number of carbonyl (C=O) groups excluding carboxylic acids is 1. The number of hydrogen-bond donors (Lipinski definition) is 2. The molecule has 0 aromatic heterocycles. The van der Waals surface area contributed by atoms with E-state index in [0.29, 0.717) is 0 Å². The molecule has 1 fully saturated rings. The van der Waals surface area contributed by atoms with Gasteiger partial charge in [-0.2, -0.15) is 0 Å². The number of phenols is 1. The van der Waals surface area contributed by atoms with Crippen molar-refractivity contribution < 1.29 is 24.2 Å². The summed E-state index contributed by atoms with van der Waals surface area (Å²) in [6.45, 7) is 2.00. The number of amides is 1. The minimum Gasteiger partial charge on any atom is -0.507 e. The molecule has 0 aliphatic carbocycles. The molecule has 1 saturated heterocycles. The number of halogens is 1. The van der Waals surface area contributed by atoms with Crippen LogP contribution in [0.1, 0.15) is 17.3 Å². The summed E-state index contributed by atoms with van der Waals surface area (Å²) >= 11 is 0. The van der Waals surface area contributed by atoms with Crippen LogP contribution in [0.15, 0.2) is 18.2 Å². The molecule has 1 aliphatic heterocycles. The van der Waals surface area contributed by atoms with Gasteiger partial charge < -0.3 is 15.1 Å². The molecule has 1 aromatic carbocycles. The van der Waals surface area contributed by atoms with E-state index in [1.54, 1.807) is 6.92 Å². The summed E-state index contributed by atoms with van der Waals surface area (Å²) in [6.07, 6.45) is 0. The van der Waals surface area contributed by atoms with Crippen LogP contribution in [0.4, 0.5) is 4.39 Å². The normalized spacial score (nSPS) is 22.5. The Morgan fingerprint density at radius 1 is 1.37 bits per heavy atom. The lowest BCUT2D eigenvalue weighted by molar-refractivity contribution is -0.142. The van der Waals surface area contributed by atoms with E-state index in [-0.39, 0.29) is 19.0 Å². The summed E-state index contributed by atoms with van der Waals surface area (Å²) in [5.74, 6) is -3.74. The number of aliphatic carboxylic acids is 1. The summed E-state index contributed by atoms with van der Waals surface area (Å²) in [6, 6.07) is 3.61. The van der Waals surface area contributed by atoms with Gasteiger partial charge in [-0.15, -0.1) is 0 Å². The Morgan fingerprint density at radius 2 is 2.05 bits per heavy atom. The van der Waals surface area contributed by atoms with Crippen molar-refractivity contribution in [1.82, 2.24) is 4.90 Å². The predicted molar refractivity (Wildman–Crippen MR) is 64.3 cm³/mol. The molecule has 0 spiro atoms. The van der Waals surface area contributed by atoms with Crippen molar-refractivity contribution in [2.75, 3.05) is 13.1 Å². The first-order chi connectivity index (χ1) is 8.91. The fourth-order valence-electron chi connectivity index (χ4n) is 2.34. The molecular formula is C13H14FNO4. The maximum Gasteiger partial charge on any atom is 0.308 e. The van der Waals surface area contributed by atoms with Gasteiger partial charge in [-0.25, -0.2) is 4.39 Å². The minimum atomic E-state index is -0.972. The van der Waals surface area contributed by atoms with Gasteiger partial charge in [0.05, 0.1) is 5.92 Å². The smallest absolute Gasteiger partial charge is 0.308 e. The first-order valence-corrected chi connectivity index (χ1v) is 5.91. The van der Waals surface area contributed by atoms with Crippen molar-refractivity contribution in [3.63, 3.8) is 0 Å². The number of nitrogens with zero attached hydrogens (tertiary/aromatic N) is 1. The zero-order valence-corrected chi connectivity index (χ0v) is 10.3. The predicted octanol–water partition coefficient (Wildman–Crippen LogP) is 1.32. The average Bonchev–Trinajstić information content (AvgIpc) is 2.71. The van der Waals surface area contributed by atoms with Crippen LogP contribution in [0.2, 0.25) is 0 Å². The molecule has 0 saturated carbocycles. The first kappa shape index (κ1) is 13.3. The molecule has 2 atom stereocenters. The highest BCUT2D eigenvalue weighted by molar-refractivity contribution is 5.97. The highest BCUT2D eigenvalue weighted by atomic mass is 19.1. The molecule has 102 valence electrons. The van der Waals surface area contributed by atoms with Crippen LogP contribution in [-0.4, -0.2) is 40.1 Å². The zero-order valence-electron chi connectivity index (χ0n) is 10.3. The summed E-state index contributed by atoms with van der Waals surface area (Å²) in [5.41, 5.74) is -0.402. The largest absolute Gasteiger partial charge is 0.507 e. The Hall–Kier alpha value is -2.11. The number of carboxylic acids is 1. The van der Waals surface area contributed by atoms with Crippen LogP contribution in [0.25, 0.3) is 0 Å². The maximum absolute atomic E-state index is 13.6. The maximum atomic E-state index is 13.6. The minimum absolute atomic E-state index is 0.0309. The SMILES string of the molecule is CC1CN(C(=O)c2c(O)cccc2F)CC1C(=O)O. The van der Waals surface area contributed by atoms with Crippen LogP contribution < -0.4 is 0 Å². The molecule has 2 rings (SSSR count). The van der Waals surface area contributed by atoms with Crippen molar-refractivity contribution in [3.8, 4) is 5.75 Å². The van der Waals surface area contributed by atoms with Crippen molar-refractivity contribution in [2.45, 2.75) is 6.92 Å². The van der Waals surface area contributed by atoms with Crippen molar-refractivity contribution in [2.24, 2.45) is 11.8 Å². The zero-order chi connectivity index (χ0) is 14.2.